The lowest BCUT2D eigenvalue weighted by Gasteiger charge is -2.36. The van der Waals surface area contributed by atoms with Crippen molar-refractivity contribution in [3.8, 4) is 11.8 Å². The fourth-order valence-corrected chi connectivity index (χ4v) is 2.41. The molecule has 2 rings (SSSR count). The Morgan fingerprint density at radius 3 is 2.78 bits per heavy atom. The highest BCUT2D eigenvalue weighted by Gasteiger charge is 2.31. The molecule has 96 valence electrons. The molecular weight excluding hydrogens is 226 g/mol. The Morgan fingerprint density at radius 1 is 1.28 bits per heavy atom. The van der Waals surface area contributed by atoms with E-state index in [1.807, 2.05) is 18.2 Å². The molecule has 0 aromatic heterocycles. The second-order valence-corrected chi connectivity index (χ2v) is 4.79. The Morgan fingerprint density at radius 2 is 2.06 bits per heavy atom. The van der Waals surface area contributed by atoms with Gasteiger partial charge in [0.1, 0.15) is 12.2 Å². The Balaban J connectivity index is 1.99. The summed E-state index contributed by atoms with van der Waals surface area (Å²) in [5.74, 6) is 5.35. The van der Waals surface area contributed by atoms with Crippen LogP contribution in [0.3, 0.4) is 0 Å². The minimum atomic E-state index is -0.963. The van der Waals surface area contributed by atoms with Crippen LogP contribution in [-0.4, -0.2) is 40.4 Å². The van der Waals surface area contributed by atoms with Gasteiger partial charge in [-0.05, 0) is 24.9 Å². The van der Waals surface area contributed by atoms with Crippen LogP contribution in [0.4, 0.5) is 0 Å². The van der Waals surface area contributed by atoms with E-state index in [2.05, 4.69) is 28.9 Å². The molecule has 0 aliphatic carbocycles. The van der Waals surface area contributed by atoms with Crippen LogP contribution in [0.2, 0.25) is 0 Å². The molecule has 1 heterocycles. The number of hydrogen-bond acceptors (Lipinski definition) is 3. The van der Waals surface area contributed by atoms with Gasteiger partial charge < -0.3 is 10.2 Å². The van der Waals surface area contributed by atoms with Gasteiger partial charge in [0, 0.05) is 13.1 Å². The zero-order valence-electron chi connectivity index (χ0n) is 10.5. The van der Waals surface area contributed by atoms with Gasteiger partial charge in [-0.2, -0.15) is 0 Å². The molecule has 0 bridgehead atoms. The van der Waals surface area contributed by atoms with E-state index in [0.29, 0.717) is 13.0 Å². The van der Waals surface area contributed by atoms with Crippen LogP contribution >= 0.6 is 0 Å². The molecule has 1 aliphatic heterocycles. The Bertz CT molecular complexity index is 435. The van der Waals surface area contributed by atoms with Gasteiger partial charge in [0.15, 0.2) is 0 Å². The Labute approximate surface area is 108 Å². The fraction of sp³-hybridized carbons (Fsp3) is 0.467. The van der Waals surface area contributed by atoms with Gasteiger partial charge in [0.05, 0.1) is 0 Å². The number of β-amino-alcohol motifs (C(OH)–C–C–N with tert-alkyl or cyclic N) is 1. The van der Waals surface area contributed by atoms with Gasteiger partial charge in [0.2, 0.25) is 0 Å². The van der Waals surface area contributed by atoms with Crippen molar-refractivity contribution in [2.24, 2.45) is 0 Å². The van der Waals surface area contributed by atoms with Crippen LogP contribution in [0.15, 0.2) is 30.3 Å². The molecule has 18 heavy (non-hydrogen) atoms. The lowest BCUT2D eigenvalue weighted by Crippen LogP contribution is -2.46. The molecule has 1 aliphatic rings. The molecule has 1 fully saturated rings. The predicted molar refractivity (Wildman–Crippen MR) is 70.8 cm³/mol. The average Bonchev–Trinajstić information content (AvgIpc) is 2.38. The van der Waals surface area contributed by atoms with E-state index in [1.165, 1.54) is 5.56 Å². The van der Waals surface area contributed by atoms with Crippen molar-refractivity contribution in [3.63, 3.8) is 0 Å². The Hall–Kier alpha value is -1.34. The molecule has 1 atom stereocenters. The lowest BCUT2D eigenvalue weighted by molar-refractivity contribution is 0.0128. The molecule has 0 amide bonds. The second-order valence-electron chi connectivity index (χ2n) is 4.79. The summed E-state index contributed by atoms with van der Waals surface area (Å²) in [6, 6.07) is 10.2. The van der Waals surface area contributed by atoms with Crippen molar-refractivity contribution >= 4 is 0 Å². The highest BCUT2D eigenvalue weighted by atomic mass is 16.3. The van der Waals surface area contributed by atoms with Crippen LogP contribution in [0.1, 0.15) is 18.4 Å². The quantitative estimate of drug-likeness (QED) is 0.764. The number of likely N-dealkylation sites (tertiary alicyclic amines) is 1. The second kappa shape index (κ2) is 6.01. The molecule has 3 nitrogen and oxygen atoms in total. The summed E-state index contributed by atoms with van der Waals surface area (Å²) in [7, 11) is 0. The summed E-state index contributed by atoms with van der Waals surface area (Å²) in [5.41, 5.74) is 0.285. The third-order valence-corrected chi connectivity index (χ3v) is 3.20. The Kier molecular flexibility index (Phi) is 4.38. The first-order valence-corrected chi connectivity index (χ1v) is 6.31. The highest BCUT2D eigenvalue weighted by Crippen LogP contribution is 2.21. The number of nitrogens with zero attached hydrogens (tertiary/aromatic N) is 1. The van der Waals surface area contributed by atoms with E-state index in [1.54, 1.807) is 0 Å². The predicted octanol–water partition coefficient (Wildman–Crippen LogP) is 1.01. The molecule has 0 spiro atoms. The number of aliphatic hydroxyl groups excluding tert-OH is 1. The smallest absolute Gasteiger partial charge is 0.138 e. The van der Waals surface area contributed by atoms with Crippen LogP contribution in [0.25, 0.3) is 0 Å². The summed E-state index contributed by atoms with van der Waals surface area (Å²) in [4.78, 5) is 2.21. The first-order valence-electron chi connectivity index (χ1n) is 6.31. The summed E-state index contributed by atoms with van der Waals surface area (Å²) < 4.78 is 0. The van der Waals surface area contributed by atoms with Crippen molar-refractivity contribution in [3.05, 3.63) is 35.9 Å². The molecule has 1 aromatic carbocycles. The van der Waals surface area contributed by atoms with E-state index < -0.39 is 5.60 Å². The van der Waals surface area contributed by atoms with Gasteiger partial charge in [0.25, 0.3) is 0 Å². The van der Waals surface area contributed by atoms with E-state index >= 15 is 0 Å². The zero-order valence-corrected chi connectivity index (χ0v) is 10.5. The third-order valence-electron chi connectivity index (χ3n) is 3.20. The van der Waals surface area contributed by atoms with Gasteiger partial charge in [-0.15, -0.1) is 0 Å². The maximum absolute atomic E-state index is 10.3. The topological polar surface area (TPSA) is 43.7 Å². The maximum Gasteiger partial charge on any atom is 0.138 e. The average molecular weight is 245 g/mol. The molecule has 0 radical (unpaired) electrons. The van der Waals surface area contributed by atoms with Crippen LogP contribution < -0.4 is 0 Å². The molecule has 1 saturated heterocycles. The molecule has 1 aromatic rings. The van der Waals surface area contributed by atoms with E-state index in [0.717, 1.165) is 19.5 Å². The summed E-state index contributed by atoms with van der Waals surface area (Å²) in [6.07, 6.45) is 1.62. The number of hydrogen-bond donors (Lipinski definition) is 2. The lowest BCUT2D eigenvalue weighted by atomic mass is 9.93. The number of rotatable bonds is 2. The van der Waals surface area contributed by atoms with Gasteiger partial charge in [-0.1, -0.05) is 42.2 Å². The van der Waals surface area contributed by atoms with E-state index in [4.69, 9.17) is 5.11 Å². The van der Waals surface area contributed by atoms with Crippen molar-refractivity contribution in [1.82, 2.24) is 4.90 Å². The van der Waals surface area contributed by atoms with Gasteiger partial charge in [-0.3, -0.25) is 4.90 Å². The van der Waals surface area contributed by atoms with E-state index in [9.17, 15) is 5.11 Å². The van der Waals surface area contributed by atoms with Gasteiger partial charge >= 0.3 is 0 Å². The minimum absolute atomic E-state index is 0.193. The van der Waals surface area contributed by atoms with Crippen molar-refractivity contribution < 1.29 is 10.2 Å². The fourth-order valence-electron chi connectivity index (χ4n) is 2.41. The number of aliphatic hydroxyl groups is 2. The van der Waals surface area contributed by atoms with E-state index in [-0.39, 0.29) is 6.61 Å². The zero-order chi connectivity index (χ0) is 12.8. The third kappa shape index (κ3) is 3.58. The monoisotopic (exact) mass is 245 g/mol. The van der Waals surface area contributed by atoms with Crippen LogP contribution in [0.5, 0.6) is 0 Å². The molecule has 0 saturated carbocycles. The minimum Gasteiger partial charge on any atom is -0.384 e. The maximum atomic E-state index is 10.3. The standard InChI is InChI=1S/C15H19NO2/c17-11-5-9-15(18)8-4-10-16(13-15)12-14-6-2-1-3-7-14/h1-3,6-7,17-18H,4,8,10-13H2. The van der Waals surface area contributed by atoms with Crippen molar-refractivity contribution in [1.29, 1.82) is 0 Å². The highest BCUT2D eigenvalue weighted by molar-refractivity contribution is 5.18. The number of piperidine rings is 1. The molecule has 2 N–H and O–H groups in total. The van der Waals surface area contributed by atoms with Crippen molar-refractivity contribution in [2.45, 2.75) is 25.0 Å². The summed E-state index contributed by atoms with van der Waals surface area (Å²) in [5, 5.41) is 19.0. The molecule has 3 heteroatoms. The SMILES string of the molecule is OCC#CC1(O)CCCN(Cc2ccccc2)C1. The van der Waals surface area contributed by atoms with Crippen molar-refractivity contribution in [2.75, 3.05) is 19.7 Å². The molecule has 1 unspecified atom stereocenters. The molecular formula is C15H19NO2. The number of benzene rings is 1. The van der Waals surface area contributed by atoms with Crippen LogP contribution in [-0.2, 0) is 6.54 Å². The van der Waals surface area contributed by atoms with Crippen LogP contribution in [0, 0.1) is 11.8 Å². The first-order chi connectivity index (χ1) is 8.72. The largest absolute Gasteiger partial charge is 0.384 e. The summed E-state index contributed by atoms with van der Waals surface area (Å²) in [6.45, 7) is 2.18. The normalized spacial score (nSPS) is 24.3. The summed E-state index contributed by atoms with van der Waals surface area (Å²) >= 11 is 0. The van der Waals surface area contributed by atoms with Gasteiger partial charge in [-0.25, -0.2) is 0 Å². The first kappa shape index (κ1) is 13.1.